The molecule has 1 heterocycles. The van der Waals surface area contributed by atoms with Crippen LogP contribution in [0.5, 0.6) is 0 Å². The van der Waals surface area contributed by atoms with Crippen molar-refractivity contribution in [2.45, 2.75) is 20.4 Å². The van der Waals surface area contributed by atoms with Gasteiger partial charge in [-0.05, 0) is 42.7 Å². The summed E-state index contributed by atoms with van der Waals surface area (Å²) in [5.41, 5.74) is 3.45. The van der Waals surface area contributed by atoms with Crippen LogP contribution in [-0.4, -0.2) is 4.98 Å². The first-order valence-electron chi connectivity index (χ1n) is 6.48. The summed E-state index contributed by atoms with van der Waals surface area (Å²) >= 11 is 1.63. The highest BCUT2D eigenvalue weighted by Crippen LogP contribution is 2.26. The predicted octanol–water partition coefficient (Wildman–Crippen LogP) is 4.66. The molecule has 0 amide bonds. The summed E-state index contributed by atoms with van der Waals surface area (Å²) in [5.74, 6) is -0.117. The van der Waals surface area contributed by atoms with E-state index in [4.69, 9.17) is 0 Å². The average Bonchev–Trinajstić information content (AvgIpc) is 2.85. The van der Waals surface area contributed by atoms with E-state index >= 15 is 0 Å². The van der Waals surface area contributed by atoms with Crippen LogP contribution in [0, 0.1) is 19.7 Å². The third-order valence-corrected chi connectivity index (χ3v) is 4.23. The minimum atomic E-state index is -0.117. The molecule has 0 fully saturated rings. The van der Waals surface area contributed by atoms with Gasteiger partial charge in [0.05, 0.1) is 10.2 Å². The van der Waals surface area contributed by atoms with Crippen LogP contribution in [0.25, 0.3) is 10.2 Å². The standard InChI is InChI=1S/C16H15FN2S/c1-10-7-12(8-11(2)15(10)17)9-18-16-19-13-5-3-4-6-14(13)20-16/h3-8H,9H2,1-2H3,(H,18,19). The minimum Gasteiger partial charge on any atom is -0.357 e. The zero-order valence-electron chi connectivity index (χ0n) is 11.4. The highest BCUT2D eigenvalue weighted by molar-refractivity contribution is 7.22. The fourth-order valence-corrected chi connectivity index (χ4v) is 3.12. The molecule has 0 radical (unpaired) electrons. The molecule has 1 aromatic heterocycles. The Balaban J connectivity index is 1.79. The van der Waals surface area contributed by atoms with Crippen LogP contribution < -0.4 is 5.32 Å². The van der Waals surface area contributed by atoms with Gasteiger partial charge in [-0.2, -0.15) is 0 Å². The Bertz CT molecular complexity index is 708. The molecule has 4 heteroatoms. The molecule has 0 aliphatic carbocycles. The largest absolute Gasteiger partial charge is 0.357 e. The normalized spacial score (nSPS) is 10.9. The summed E-state index contributed by atoms with van der Waals surface area (Å²) in [6.07, 6.45) is 0. The Kier molecular flexibility index (Phi) is 3.40. The number of thiazole rings is 1. The maximum Gasteiger partial charge on any atom is 0.184 e. The zero-order chi connectivity index (χ0) is 14.1. The molecular formula is C16H15FN2S. The van der Waals surface area contributed by atoms with Crippen molar-refractivity contribution in [1.29, 1.82) is 0 Å². The number of anilines is 1. The van der Waals surface area contributed by atoms with Gasteiger partial charge in [-0.1, -0.05) is 35.6 Å². The molecule has 3 aromatic rings. The van der Waals surface area contributed by atoms with E-state index in [1.807, 2.05) is 30.3 Å². The predicted molar refractivity (Wildman–Crippen MR) is 82.8 cm³/mol. The number of hydrogen-bond donors (Lipinski definition) is 1. The average molecular weight is 286 g/mol. The Hall–Kier alpha value is -1.94. The molecule has 0 aliphatic heterocycles. The van der Waals surface area contributed by atoms with Crippen LogP contribution in [0.4, 0.5) is 9.52 Å². The molecule has 0 spiro atoms. The first-order chi connectivity index (χ1) is 9.63. The lowest BCUT2D eigenvalue weighted by molar-refractivity contribution is 0.608. The molecule has 0 saturated heterocycles. The smallest absolute Gasteiger partial charge is 0.184 e. The lowest BCUT2D eigenvalue weighted by atomic mass is 10.1. The van der Waals surface area contributed by atoms with Crippen LogP contribution in [-0.2, 0) is 6.54 Å². The number of fused-ring (bicyclic) bond motifs is 1. The lowest BCUT2D eigenvalue weighted by Gasteiger charge is -2.07. The molecule has 20 heavy (non-hydrogen) atoms. The molecule has 0 atom stereocenters. The number of aryl methyl sites for hydroxylation is 2. The van der Waals surface area contributed by atoms with Gasteiger partial charge in [0.2, 0.25) is 0 Å². The number of nitrogens with zero attached hydrogens (tertiary/aromatic N) is 1. The van der Waals surface area contributed by atoms with E-state index in [9.17, 15) is 4.39 Å². The summed E-state index contributed by atoms with van der Waals surface area (Å²) in [6, 6.07) is 11.8. The Morgan fingerprint density at radius 3 is 2.55 bits per heavy atom. The van der Waals surface area contributed by atoms with Crippen molar-refractivity contribution in [3.05, 3.63) is 58.9 Å². The molecule has 2 aromatic carbocycles. The Labute approximate surface area is 121 Å². The SMILES string of the molecule is Cc1cc(CNc2nc3ccccc3s2)cc(C)c1F. The zero-order valence-corrected chi connectivity index (χ0v) is 12.2. The highest BCUT2D eigenvalue weighted by Gasteiger charge is 2.06. The van der Waals surface area contributed by atoms with Gasteiger partial charge in [0.1, 0.15) is 5.82 Å². The number of hydrogen-bond acceptors (Lipinski definition) is 3. The fraction of sp³-hybridized carbons (Fsp3) is 0.188. The molecule has 0 aliphatic rings. The van der Waals surface area contributed by atoms with Crippen molar-refractivity contribution >= 4 is 26.7 Å². The fourth-order valence-electron chi connectivity index (χ4n) is 2.26. The van der Waals surface area contributed by atoms with Crippen molar-refractivity contribution in [1.82, 2.24) is 4.98 Å². The second kappa shape index (κ2) is 5.21. The van der Waals surface area contributed by atoms with Gasteiger partial charge >= 0.3 is 0 Å². The summed E-state index contributed by atoms with van der Waals surface area (Å²) in [5, 5.41) is 4.20. The third-order valence-electron chi connectivity index (χ3n) is 3.23. The van der Waals surface area contributed by atoms with Crippen LogP contribution in [0.15, 0.2) is 36.4 Å². The number of rotatable bonds is 3. The molecular weight excluding hydrogens is 271 g/mol. The molecule has 102 valence electrons. The number of halogens is 1. The molecule has 1 N–H and O–H groups in total. The Morgan fingerprint density at radius 2 is 1.85 bits per heavy atom. The second-order valence-electron chi connectivity index (χ2n) is 4.88. The van der Waals surface area contributed by atoms with Crippen LogP contribution >= 0.6 is 11.3 Å². The van der Waals surface area contributed by atoms with E-state index in [-0.39, 0.29) is 5.82 Å². The van der Waals surface area contributed by atoms with E-state index in [1.165, 1.54) is 4.70 Å². The maximum absolute atomic E-state index is 13.6. The topological polar surface area (TPSA) is 24.9 Å². The molecule has 0 unspecified atom stereocenters. The van der Waals surface area contributed by atoms with Crippen molar-refractivity contribution in [3.63, 3.8) is 0 Å². The molecule has 0 saturated carbocycles. The molecule has 0 bridgehead atoms. The van der Waals surface area contributed by atoms with E-state index < -0.39 is 0 Å². The van der Waals surface area contributed by atoms with Gasteiger partial charge in [-0.3, -0.25) is 0 Å². The first kappa shape index (κ1) is 13.1. The van der Waals surface area contributed by atoms with Gasteiger partial charge in [0.15, 0.2) is 5.13 Å². The first-order valence-corrected chi connectivity index (χ1v) is 7.30. The summed E-state index contributed by atoms with van der Waals surface area (Å²) < 4.78 is 14.8. The molecule has 3 rings (SSSR count). The van der Waals surface area contributed by atoms with E-state index in [2.05, 4.69) is 16.4 Å². The summed E-state index contributed by atoms with van der Waals surface area (Å²) in [6.45, 7) is 4.24. The van der Waals surface area contributed by atoms with Crippen molar-refractivity contribution in [2.75, 3.05) is 5.32 Å². The number of aromatic nitrogens is 1. The van der Waals surface area contributed by atoms with Gasteiger partial charge in [0, 0.05) is 6.54 Å². The number of para-hydroxylation sites is 1. The lowest BCUT2D eigenvalue weighted by Crippen LogP contribution is -2.01. The van der Waals surface area contributed by atoms with Crippen LogP contribution in [0.1, 0.15) is 16.7 Å². The van der Waals surface area contributed by atoms with Crippen LogP contribution in [0.3, 0.4) is 0 Å². The minimum absolute atomic E-state index is 0.117. The van der Waals surface area contributed by atoms with Crippen molar-refractivity contribution < 1.29 is 4.39 Å². The second-order valence-corrected chi connectivity index (χ2v) is 5.91. The number of nitrogens with one attached hydrogen (secondary N) is 1. The Morgan fingerprint density at radius 1 is 1.15 bits per heavy atom. The molecule has 2 nitrogen and oxygen atoms in total. The highest BCUT2D eigenvalue weighted by atomic mass is 32.1. The van der Waals surface area contributed by atoms with E-state index in [1.54, 1.807) is 25.2 Å². The van der Waals surface area contributed by atoms with Crippen molar-refractivity contribution in [2.24, 2.45) is 0 Å². The van der Waals surface area contributed by atoms with Crippen molar-refractivity contribution in [3.8, 4) is 0 Å². The van der Waals surface area contributed by atoms with Gasteiger partial charge < -0.3 is 5.32 Å². The van der Waals surface area contributed by atoms with E-state index in [0.717, 1.165) is 16.2 Å². The summed E-state index contributed by atoms with van der Waals surface area (Å²) in [7, 11) is 0. The van der Waals surface area contributed by atoms with Crippen LogP contribution in [0.2, 0.25) is 0 Å². The quantitative estimate of drug-likeness (QED) is 0.757. The van der Waals surface area contributed by atoms with E-state index in [0.29, 0.717) is 17.7 Å². The monoisotopic (exact) mass is 286 g/mol. The summed E-state index contributed by atoms with van der Waals surface area (Å²) in [4.78, 5) is 4.52. The third kappa shape index (κ3) is 2.51. The maximum atomic E-state index is 13.6. The number of benzene rings is 2. The van der Waals surface area contributed by atoms with Gasteiger partial charge in [-0.25, -0.2) is 9.37 Å². The van der Waals surface area contributed by atoms with Gasteiger partial charge in [-0.15, -0.1) is 0 Å². The van der Waals surface area contributed by atoms with Gasteiger partial charge in [0.25, 0.3) is 0 Å².